The zero-order valence-corrected chi connectivity index (χ0v) is 11.7. The Morgan fingerprint density at radius 2 is 2.33 bits per heavy atom. The van der Waals surface area contributed by atoms with Gasteiger partial charge in [-0.1, -0.05) is 11.6 Å². The van der Waals surface area contributed by atoms with Crippen molar-refractivity contribution in [1.82, 2.24) is 15.2 Å². The van der Waals surface area contributed by atoms with Gasteiger partial charge in [-0.05, 0) is 41.1 Å². The van der Waals surface area contributed by atoms with Crippen molar-refractivity contribution in [3.05, 3.63) is 33.5 Å². The standard InChI is InChI=1S/C11H9BrClN3O2/c1-2-18-11(17)10-14-9(15-16-10)6-3-4-7(12)8(13)5-6/h3-5H,2H2,1H3,(H,14,15,16). The van der Waals surface area contributed by atoms with E-state index in [9.17, 15) is 4.79 Å². The summed E-state index contributed by atoms with van der Waals surface area (Å²) in [6, 6.07) is 5.30. The maximum Gasteiger partial charge on any atom is 0.375 e. The molecule has 5 nitrogen and oxygen atoms in total. The summed E-state index contributed by atoms with van der Waals surface area (Å²) in [5.41, 5.74) is 0.718. The van der Waals surface area contributed by atoms with Crippen molar-refractivity contribution in [1.29, 1.82) is 0 Å². The molecule has 2 aromatic rings. The molecule has 0 atom stereocenters. The van der Waals surface area contributed by atoms with Crippen LogP contribution in [0, 0.1) is 0 Å². The van der Waals surface area contributed by atoms with Crippen molar-refractivity contribution in [3.8, 4) is 11.4 Å². The van der Waals surface area contributed by atoms with Crippen LogP contribution in [-0.4, -0.2) is 27.8 Å². The van der Waals surface area contributed by atoms with Crippen LogP contribution in [0.2, 0.25) is 5.02 Å². The predicted molar refractivity (Wildman–Crippen MR) is 70.5 cm³/mol. The molecule has 0 amide bonds. The molecule has 0 radical (unpaired) electrons. The Hall–Kier alpha value is -1.40. The number of nitrogens with one attached hydrogen (secondary N) is 1. The van der Waals surface area contributed by atoms with E-state index >= 15 is 0 Å². The number of aromatic amines is 1. The summed E-state index contributed by atoms with van der Waals surface area (Å²) in [6.45, 7) is 2.02. The minimum absolute atomic E-state index is 0.0749. The van der Waals surface area contributed by atoms with E-state index in [4.69, 9.17) is 16.3 Å². The molecule has 0 saturated heterocycles. The van der Waals surface area contributed by atoms with Gasteiger partial charge in [-0.3, -0.25) is 5.10 Å². The lowest BCUT2D eigenvalue weighted by atomic mass is 10.2. The fourth-order valence-corrected chi connectivity index (χ4v) is 1.74. The molecule has 0 spiro atoms. The van der Waals surface area contributed by atoms with Gasteiger partial charge in [0.1, 0.15) is 0 Å². The van der Waals surface area contributed by atoms with E-state index in [-0.39, 0.29) is 5.82 Å². The average molecular weight is 331 g/mol. The third-order valence-electron chi connectivity index (χ3n) is 2.13. The van der Waals surface area contributed by atoms with Gasteiger partial charge in [-0.2, -0.15) is 5.10 Å². The third-order valence-corrected chi connectivity index (χ3v) is 3.36. The summed E-state index contributed by atoms with van der Waals surface area (Å²) in [5, 5.41) is 7.03. The number of hydrogen-bond acceptors (Lipinski definition) is 4. The molecule has 0 bridgehead atoms. The zero-order chi connectivity index (χ0) is 13.1. The smallest absolute Gasteiger partial charge is 0.375 e. The number of aromatic nitrogens is 3. The number of carbonyl (C=O) groups excluding carboxylic acids is 1. The van der Waals surface area contributed by atoms with E-state index in [1.54, 1.807) is 25.1 Å². The Balaban J connectivity index is 2.29. The highest BCUT2D eigenvalue weighted by molar-refractivity contribution is 9.10. The molecular weight excluding hydrogens is 321 g/mol. The first-order chi connectivity index (χ1) is 8.61. The van der Waals surface area contributed by atoms with E-state index in [1.165, 1.54) is 0 Å². The maximum atomic E-state index is 11.4. The Labute approximate surface area is 117 Å². The molecular formula is C11H9BrClN3O2. The number of H-pyrrole nitrogens is 1. The van der Waals surface area contributed by atoms with Crippen LogP contribution in [0.15, 0.2) is 22.7 Å². The van der Waals surface area contributed by atoms with Crippen molar-refractivity contribution in [2.45, 2.75) is 6.92 Å². The van der Waals surface area contributed by atoms with Crippen LogP contribution in [0.1, 0.15) is 17.5 Å². The van der Waals surface area contributed by atoms with Gasteiger partial charge in [0.25, 0.3) is 0 Å². The number of halogens is 2. The van der Waals surface area contributed by atoms with Crippen molar-refractivity contribution in [2.24, 2.45) is 0 Å². The molecule has 0 fully saturated rings. The Kier molecular flexibility index (Phi) is 3.98. The van der Waals surface area contributed by atoms with Crippen LogP contribution in [0.3, 0.4) is 0 Å². The summed E-state index contributed by atoms with van der Waals surface area (Å²) in [4.78, 5) is 15.5. The molecule has 2 rings (SSSR count). The van der Waals surface area contributed by atoms with Gasteiger partial charge >= 0.3 is 5.97 Å². The molecule has 94 valence electrons. The van der Waals surface area contributed by atoms with Crippen LogP contribution >= 0.6 is 27.5 Å². The molecule has 0 saturated carbocycles. The van der Waals surface area contributed by atoms with Crippen molar-refractivity contribution >= 4 is 33.5 Å². The quantitative estimate of drug-likeness (QED) is 0.878. The number of carbonyl (C=O) groups is 1. The molecule has 0 aliphatic carbocycles. The van der Waals surface area contributed by atoms with E-state index in [0.29, 0.717) is 17.5 Å². The van der Waals surface area contributed by atoms with Gasteiger partial charge in [0, 0.05) is 10.0 Å². The second-order valence-corrected chi connectivity index (χ2v) is 4.62. The van der Waals surface area contributed by atoms with Crippen LogP contribution in [-0.2, 0) is 4.74 Å². The number of rotatable bonds is 3. The largest absolute Gasteiger partial charge is 0.460 e. The molecule has 7 heteroatoms. The Morgan fingerprint density at radius 3 is 3.00 bits per heavy atom. The van der Waals surface area contributed by atoms with E-state index in [0.717, 1.165) is 10.0 Å². The lowest BCUT2D eigenvalue weighted by Gasteiger charge is -1.98. The van der Waals surface area contributed by atoms with E-state index in [2.05, 4.69) is 31.1 Å². The number of esters is 1. The summed E-state index contributed by atoms with van der Waals surface area (Å²) >= 11 is 9.27. The molecule has 18 heavy (non-hydrogen) atoms. The third kappa shape index (κ3) is 2.70. The van der Waals surface area contributed by atoms with Crippen LogP contribution in [0.5, 0.6) is 0 Å². The first kappa shape index (κ1) is 13.0. The fraction of sp³-hybridized carbons (Fsp3) is 0.182. The lowest BCUT2D eigenvalue weighted by molar-refractivity contribution is 0.0512. The maximum absolute atomic E-state index is 11.4. The molecule has 1 N–H and O–H groups in total. The molecule has 0 aliphatic rings. The van der Waals surface area contributed by atoms with Gasteiger partial charge in [-0.25, -0.2) is 9.78 Å². The zero-order valence-electron chi connectivity index (χ0n) is 9.41. The van der Waals surface area contributed by atoms with Gasteiger partial charge in [0.05, 0.1) is 11.6 Å². The van der Waals surface area contributed by atoms with Crippen molar-refractivity contribution < 1.29 is 9.53 Å². The summed E-state index contributed by atoms with van der Waals surface area (Å²) in [5.74, 6) is -0.0576. The normalized spacial score (nSPS) is 10.4. The first-order valence-corrected chi connectivity index (χ1v) is 6.34. The monoisotopic (exact) mass is 329 g/mol. The Bertz CT molecular complexity index is 585. The predicted octanol–water partition coefficient (Wildman–Crippen LogP) is 3.06. The molecule has 0 unspecified atom stereocenters. The highest BCUT2D eigenvalue weighted by atomic mass is 79.9. The topological polar surface area (TPSA) is 67.9 Å². The minimum atomic E-state index is -0.528. The molecule has 1 aromatic heterocycles. The minimum Gasteiger partial charge on any atom is -0.460 e. The van der Waals surface area contributed by atoms with Crippen molar-refractivity contribution in [3.63, 3.8) is 0 Å². The van der Waals surface area contributed by atoms with Crippen molar-refractivity contribution in [2.75, 3.05) is 6.61 Å². The average Bonchev–Trinajstić information content (AvgIpc) is 2.82. The summed E-state index contributed by atoms with van der Waals surface area (Å²) in [6.07, 6.45) is 0. The SMILES string of the molecule is CCOC(=O)c1nc(-c2ccc(Br)c(Cl)c2)n[nH]1. The Morgan fingerprint density at radius 1 is 1.56 bits per heavy atom. The van der Waals surface area contributed by atoms with Gasteiger partial charge in [0.15, 0.2) is 5.82 Å². The van der Waals surface area contributed by atoms with Crippen LogP contribution < -0.4 is 0 Å². The lowest BCUT2D eigenvalue weighted by Crippen LogP contribution is -2.06. The van der Waals surface area contributed by atoms with Gasteiger partial charge in [0.2, 0.25) is 5.82 Å². The molecule has 0 aliphatic heterocycles. The number of ether oxygens (including phenoxy) is 1. The fourth-order valence-electron chi connectivity index (χ4n) is 1.32. The second-order valence-electron chi connectivity index (χ2n) is 3.36. The number of hydrogen-bond donors (Lipinski definition) is 1. The molecule has 1 heterocycles. The molecule has 1 aromatic carbocycles. The summed E-state index contributed by atoms with van der Waals surface area (Å²) < 4.78 is 5.60. The van der Waals surface area contributed by atoms with Gasteiger partial charge in [-0.15, -0.1) is 0 Å². The van der Waals surface area contributed by atoms with Crippen LogP contribution in [0.4, 0.5) is 0 Å². The highest BCUT2D eigenvalue weighted by Gasteiger charge is 2.14. The number of benzene rings is 1. The van der Waals surface area contributed by atoms with E-state index < -0.39 is 5.97 Å². The summed E-state index contributed by atoms with van der Waals surface area (Å²) in [7, 11) is 0. The number of nitrogens with zero attached hydrogens (tertiary/aromatic N) is 2. The highest BCUT2D eigenvalue weighted by Crippen LogP contribution is 2.27. The van der Waals surface area contributed by atoms with Gasteiger partial charge < -0.3 is 4.74 Å². The van der Waals surface area contributed by atoms with E-state index in [1.807, 2.05) is 0 Å². The first-order valence-electron chi connectivity index (χ1n) is 5.16. The second kappa shape index (κ2) is 5.49. The van der Waals surface area contributed by atoms with Crippen LogP contribution in [0.25, 0.3) is 11.4 Å².